The number of hydrogen-bond acceptors (Lipinski definition) is 5. The Morgan fingerprint density at radius 2 is 1.95 bits per heavy atom. The molecule has 0 unspecified atom stereocenters. The lowest BCUT2D eigenvalue weighted by Crippen LogP contribution is -2.42. The second-order valence-electron chi connectivity index (χ2n) is 4.25. The normalized spacial score (nSPS) is 11.0. The summed E-state index contributed by atoms with van der Waals surface area (Å²) in [4.78, 5) is 11.7. The molecule has 0 aliphatic rings. The average molecular weight is 379 g/mol. The highest BCUT2D eigenvalue weighted by atomic mass is 79.9. The number of esters is 1. The van der Waals surface area contributed by atoms with Crippen molar-refractivity contribution in [1.82, 2.24) is 4.68 Å². The van der Waals surface area contributed by atoms with Crippen LogP contribution in [0.5, 0.6) is 0 Å². The van der Waals surface area contributed by atoms with Crippen molar-refractivity contribution >= 4 is 42.9 Å². The molecule has 0 aliphatic heterocycles. The van der Waals surface area contributed by atoms with Gasteiger partial charge < -0.3 is 9.29 Å². The molecule has 0 spiro atoms. The summed E-state index contributed by atoms with van der Waals surface area (Å²) < 4.78 is 36.7. The highest BCUT2D eigenvalue weighted by Gasteiger charge is 2.27. The first-order valence-corrected chi connectivity index (χ1v) is 8.30. The van der Waals surface area contributed by atoms with Crippen LogP contribution in [-0.4, -0.2) is 37.0 Å². The van der Waals surface area contributed by atoms with Crippen LogP contribution in [-0.2, 0) is 29.0 Å². The summed E-state index contributed by atoms with van der Waals surface area (Å²) in [5.74, 6) is -0.328. The lowest BCUT2D eigenvalue weighted by atomic mass is 10.2. The van der Waals surface area contributed by atoms with E-state index in [0.29, 0.717) is 11.9 Å². The first kappa shape index (κ1) is 17.6. The second-order valence-corrected chi connectivity index (χ2v) is 6.58. The van der Waals surface area contributed by atoms with Crippen LogP contribution in [0.2, 0.25) is 0 Å². The van der Waals surface area contributed by atoms with Gasteiger partial charge in [-0.1, -0.05) is 15.9 Å². The van der Waals surface area contributed by atoms with Gasteiger partial charge in [0.05, 0.1) is 29.7 Å². The Morgan fingerprint density at radius 3 is 2.43 bits per heavy atom. The Kier molecular flexibility index (Phi) is 5.48. The molecule has 0 N–H and O–H groups in total. The largest absolute Gasteiger partial charge is 0.748 e. The maximum absolute atomic E-state index is 11.7. The van der Waals surface area contributed by atoms with Crippen LogP contribution < -0.4 is 4.68 Å². The van der Waals surface area contributed by atoms with E-state index in [0.717, 1.165) is 15.4 Å². The molecule has 7 nitrogen and oxygen atoms in total. The Bertz CT molecular complexity index is 775. The topological polar surface area (TPSA) is 92.3 Å². The highest BCUT2D eigenvalue weighted by molar-refractivity contribution is 9.10. The minimum absolute atomic E-state index is 0.328. The van der Waals surface area contributed by atoms with E-state index in [1.54, 1.807) is 4.68 Å². The van der Waals surface area contributed by atoms with Gasteiger partial charge in [0.25, 0.3) is 0 Å². The van der Waals surface area contributed by atoms with Crippen molar-refractivity contribution in [2.75, 3.05) is 13.4 Å². The molecule has 1 aromatic heterocycles. The van der Waals surface area contributed by atoms with Crippen LogP contribution in [0.3, 0.4) is 0 Å². The van der Waals surface area contributed by atoms with Crippen molar-refractivity contribution in [3.05, 3.63) is 28.4 Å². The first-order valence-electron chi connectivity index (χ1n) is 5.69. The molecule has 1 heterocycles. The lowest BCUT2D eigenvalue weighted by molar-refractivity contribution is -0.750. The third-order valence-electron chi connectivity index (χ3n) is 2.71. The number of methoxy groups -OCH3 is 1. The number of aromatic nitrogens is 2. The number of fused-ring (bicyclic) bond motifs is 1. The number of benzene rings is 1. The quantitative estimate of drug-likeness (QED) is 0.414. The van der Waals surface area contributed by atoms with Gasteiger partial charge in [-0.2, -0.15) is 4.68 Å². The zero-order valence-corrected chi connectivity index (χ0v) is 14.4. The smallest absolute Gasteiger partial charge is 0.406 e. The molecule has 9 heteroatoms. The fourth-order valence-electron chi connectivity index (χ4n) is 1.80. The molecule has 0 saturated heterocycles. The minimum Gasteiger partial charge on any atom is -0.748 e. The lowest BCUT2D eigenvalue weighted by Gasteiger charge is -1.93. The molecular weight excluding hydrogens is 364 g/mol. The van der Waals surface area contributed by atoms with E-state index in [1.807, 2.05) is 37.0 Å². The molecule has 0 aliphatic carbocycles. The molecule has 2 rings (SSSR count). The standard InChI is InChI=1S/C11H12BrN2O2.CH4O3S/c1-13-9-5-4-7(12)6-8(9)10(14(13)2)11(15)16-3;1-5(2,3)4/h4-6H,1-3H3;1H3,(H,2,3,4)/q+1;/p-1. The molecule has 0 amide bonds. The van der Waals surface area contributed by atoms with Crippen LogP contribution in [0.4, 0.5) is 0 Å². The van der Waals surface area contributed by atoms with E-state index in [4.69, 9.17) is 17.7 Å². The summed E-state index contributed by atoms with van der Waals surface area (Å²) in [5.41, 5.74) is 1.55. The number of aryl methyl sites for hydroxylation is 1. The average Bonchev–Trinajstić information content (AvgIpc) is 2.59. The van der Waals surface area contributed by atoms with E-state index in [2.05, 4.69) is 15.9 Å². The van der Waals surface area contributed by atoms with Crippen LogP contribution in [0.1, 0.15) is 10.5 Å². The number of nitrogens with zero attached hydrogens (tertiary/aromatic N) is 2. The fourth-order valence-corrected chi connectivity index (χ4v) is 2.17. The van der Waals surface area contributed by atoms with Crippen molar-refractivity contribution in [1.29, 1.82) is 0 Å². The Hall–Kier alpha value is -1.45. The van der Waals surface area contributed by atoms with Gasteiger partial charge in [0, 0.05) is 10.7 Å². The molecule has 0 atom stereocenters. The van der Waals surface area contributed by atoms with E-state index in [9.17, 15) is 4.79 Å². The van der Waals surface area contributed by atoms with Crippen molar-refractivity contribution < 1.29 is 27.2 Å². The number of rotatable bonds is 1. The second kappa shape index (κ2) is 6.54. The SMILES string of the molecule is COC(=O)c1c2cc(Br)ccc2n(C)[n+]1C.CS(=O)(=O)[O-]. The van der Waals surface area contributed by atoms with Gasteiger partial charge in [-0.25, -0.2) is 13.2 Å². The van der Waals surface area contributed by atoms with Gasteiger partial charge in [-0.05, 0) is 18.2 Å². The summed E-state index contributed by atoms with van der Waals surface area (Å²) in [6.07, 6.45) is 0.604. The monoisotopic (exact) mass is 378 g/mol. The van der Waals surface area contributed by atoms with Crippen LogP contribution in [0.25, 0.3) is 10.9 Å². The third kappa shape index (κ3) is 4.51. The van der Waals surface area contributed by atoms with Crippen LogP contribution >= 0.6 is 15.9 Å². The molecule has 2 aromatic rings. The van der Waals surface area contributed by atoms with E-state index >= 15 is 0 Å². The van der Waals surface area contributed by atoms with Gasteiger partial charge in [0.1, 0.15) is 5.52 Å². The molecule has 116 valence electrons. The van der Waals surface area contributed by atoms with E-state index in [1.165, 1.54) is 7.11 Å². The maximum Gasteiger partial charge on any atom is 0.406 e. The molecule has 0 fully saturated rings. The first-order chi connectivity index (χ1) is 9.56. The molecule has 1 aromatic carbocycles. The number of hydrogen-bond donors (Lipinski definition) is 0. The summed E-state index contributed by atoms with van der Waals surface area (Å²) >= 11 is 3.40. The van der Waals surface area contributed by atoms with Gasteiger partial charge in [0.2, 0.25) is 0 Å². The number of ether oxygens (including phenoxy) is 1. The zero-order chi connectivity index (χ0) is 16.4. The molecule has 0 saturated carbocycles. The predicted molar refractivity (Wildman–Crippen MR) is 78.8 cm³/mol. The number of carbonyl (C=O) groups is 1. The Labute approximate surface area is 131 Å². The van der Waals surface area contributed by atoms with E-state index in [-0.39, 0.29) is 5.97 Å². The number of halogens is 1. The van der Waals surface area contributed by atoms with Gasteiger partial charge in [-0.3, -0.25) is 0 Å². The molecular formula is C12H15BrN2O5S. The highest BCUT2D eigenvalue weighted by Crippen LogP contribution is 2.21. The van der Waals surface area contributed by atoms with E-state index < -0.39 is 10.1 Å². The summed E-state index contributed by atoms with van der Waals surface area (Å²) in [7, 11) is 1.21. The van der Waals surface area contributed by atoms with Gasteiger partial charge in [0.15, 0.2) is 7.05 Å². The van der Waals surface area contributed by atoms with Gasteiger partial charge >= 0.3 is 11.7 Å². The molecule has 0 radical (unpaired) electrons. The zero-order valence-electron chi connectivity index (χ0n) is 12.0. The van der Waals surface area contributed by atoms with Crippen molar-refractivity contribution in [3.63, 3.8) is 0 Å². The predicted octanol–water partition coefficient (Wildman–Crippen LogP) is 0.713. The van der Waals surface area contributed by atoms with Crippen molar-refractivity contribution in [2.45, 2.75) is 0 Å². The van der Waals surface area contributed by atoms with Gasteiger partial charge in [-0.15, -0.1) is 4.68 Å². The van der Waals surface area contributed by atoms with Crippen LogP contribution in [0.15, 0.2) is 22.7 Å². The summed E-state index contributed by atoms with van der Waals surface area (Å²) in [6, 6.07) is 5.83. The van der Waals surface area contributed by atoms with Crippen LogP contribution in [0, 0.1) is 0 Å². The van der Waals surface area contributed by atoms with Crippen molar-refractivity contribution in [3.8, 4) is 0 Å². The number of carbonyl (C=O) groups excluding carboxylic acids is 1. The third-order valence-corrected chi connectivity index (χ3v) is 3.21. The summed E-state index contributed by atoms with van der Waals surface area (Å²) in [5, 5.41) is 0.881. The Balaban J connectivity index is 0.000000383. The van der Waals surface area contributed by atoms with Crippen molar-refractivity contribution in [2.24, 2.45) is 14.1 Å². The molecule has 21 heavy (non-hydrogen) atoms. The maximum atomic E-state index is 11.7. The minimum atomic E-state index is -3.92. The summed E-state index contributed by atoms with van der Waals surface area (Å²) in [6.45, 7) is 0. The Morgan fingerprint density at radius 1 is 1.43 bits per heavy atom. The molecule has 0 bridgehead atoms. The fraction of sp³-hybridized carbons (Fsp3) is 0.333.